The van der Waals surface area contributed by atoms with Gasteiger partial charge >= 0.3 is 33.0 Å². The fourth-order valence-electron chi connectivity index (χ4n) is 5.05. The Labute approximate surface area is 448 Å². The van der Waals surface area contributed by atoms with Crippen LogP contribution in [0.1, 0.15) is 47.9 Å². The third kappa shape index (κ3) is 33.9. The van der Waals surface area contributed by atoms with Gasteiger partial charge in [0.05, 0.1) is 0 Å². The van der Waals surface area contributed by atoms with E-state index in [1.165, 1.54) is 0 Å². The Balaban J connectivity index is 0. The zero-order valence-corrected chi connectivity index (χ0v) is 47.4. The largest absolute Gasteiger partial charge is 2.00 e. The second kappa shape index (κ2) is 39.4. The van der Waals surface area contributed by atoms with Gasteiger partial charge in [0.25, 0.3) is 0 Å². The van der Waals surface area contributed by atoms with Gasteiger partial charge in [-0.05, 0) is 179 Å². The van der Waals surface area contributed by atoms with Gasteiger partial charge in [0.1, 0.15) is 0 Å². The monoisotopic (exact) mass is 1250 g/mol. The molecule has 0 spiro atoms. The fourth-order valence-corrected chi connectivity index (χ4v) is 6.56. The van der Waals surface area contributed by atoms with Crippen LogP contribution in [0, 0.1) is 0 Å². The van der Waals surface area contributed by atoms with Crippen molar-refractivity contribution in [2.24, 2.45) is 20.0 Å². The molecule has 0 fully saturated rings. The molecule has 0 aromatic heterocycles. The van der Waals surface area contributed by atoms with Crippen molar-refractivity contribution >= 4 is 88.6 Å². The van der Waals surface area contributed by atoms with Crippen LogP contribution in [0.2, 0.25) is 0 Å². The van der Waals surface area contributed by atoms with Gasteiger partial charge in [-0.1, -0.05) is 111 Å². The van der Waals surface area contributed by atoms with Gasteiger partial charge in [-0.2, -0.15) is 0 Å². The Morgan fingerprint density at radius 1 is 0.364 bits per heavy atom. The topological polar surface area (TPSA) is 155 Å². The molecule has 0 atom stereocenters. The van der Waals surface area contributed by atoms with E-state index in [0.717, 1.165) is 95.9 Å². The first-order valence-corrected chi connectivity index (χ1v) is 24.0. The Hall–Kier alpha value is -2.49. The molecule has 4 rings (SSSR count). The van der Waals surface area contributed by atoms with Crippen LogP contribution in [0.3, 0.4) is 0 Å². The minimum Gasteiger partial charge on any atom is -0.872 e. The van der Waals surface area contributed by atoms with Crippen molar-refractivity contribution in [2.75, 3.05) is 109 Å². The van der Waals surface area contributed by atoms with Gasteiger partial charge in [0.2, 0.25) is 0 Å². The van der Waals surface area contributed by atoms with Crippen LogP contribution >= 0.6 is 63.7 Å². The summed E-state index contributed by atoms with van der Waals surface area (Å²) < 4.78 is 3.62. The van der Waals surface area contributed by atoms with Gasteiger partial charge in [-0.3, -0.25) is 20.0 Å². The van der Waals surface area contributed by atoms with Crippen molar-refractivity contribution in [1.29, 1.82) is 0 Å². The first-order valence-electron chi connectivity index (χ1n) is 20.8. The minimum absolute atomic E-state index is 0. The van der Waals surface area contributed by atoms with Crippen molar-refractivity contribution < 1.29 is 53.4 Å². The van der Waals surface area contributed by atoms with Gasteiger partial charge in [0.15, 0.2) is 0 Å². The van der Waals surface area contributed by atoms with Crippen LogP contribution < -0.4 is 20.4 Å². The van der Waals surface area contributed by atoms with Crippen LogP contribution in [0.25, 0.3) is 0 Å². The number of halogens is 4. The minimum atomic E-state index is 0. The zero-order valence-electron chi connectivity index (χ0n) is 39.1. The van der Waals surface area contributed by atoms with Crippen molar-refractivity contribution in [3.8, 4) is 23.0 Å². The van der Waals surface area contributed by atoms with E-state index in [1.54, 1.807) is 97.7 Å². The number of nitrogens with zero attached hydrogens (tertiary/aromatic N) is 8. The first kappa shape index (κ1) is 65.6. The number of rotatable bonds is 20. The molecule has 0 saturated heterocycles. The van der Waals surface area contributed by atoms with E-state index in [9.17, 15) is 20.4 Å². The van der Waals surface area contributed by atoms with Crippen molar-refractivity contribution in [3.05, 3.63) is 113 Å². The molecule has 0 radical (unpaired) electrons. The molecule has 12 nitrogen and oxygen atoms in total. The van der Waals surface area contributed by atoms with E-state index in [2.05, 4.69) is 103 Å². The third-order valence-corrected chi connectivity index (χ3v) is 10.4. The van der Waals surface area contributed by atoms with E-state index < -0.39 is 0 Å². The summed E-state index contributed by atoms with van der Waals surface area (Å²) >= 11 is 13.3. The quantitative estimate of drug-likeness (QED) is 0.0499. The van der Waals surface area contributed by atoms with Crippen LogP contribution in [-0.4, -0.2) is 153 Å². The number of benzene rings is 4. The van der Waals surface area contributed by atoms with Gasteiger partial charge in [-0.25, -0.2) is 0 Å². The summed E-state index contributed by atoms with van der Waals surface area (Å²) in [7, 11) is 16.3. The molecule has 18 heteroatoms. The number of hydrogen-bond acceptors (Lipinski definition) is 12. The molecule has 0 aliphatic heterocycles. The molecule has 0 heterocycles. The predicted octanol–water partition coefficient (Wildman–Crippen LogP) is 7.57. The second-order valence-electron chi connectivity index (χ2n) is 15.5. The van der Waals surface area contributed by atoms with E-state index in [-0.39, 0.29) is 56.0 Å². The zero-order chi connectivity index (χ0) is 47.9. The molecule has 0 unspecified atom stereocenters. The Kier molecular flexibility index (Phi) is 39.1. The van der Waals surface area contributed by atoms with Crippen molar-refractivity contribution in [3.63, 3.8) is 0 Å². The smallest absolute Gasteiger partial charge is 0.872 e. The average Bonchev–Trinajstić information content (AvgIpc) is 3.22. The Morgan fingerprint density at radius 2 is 0.545 bits per heavy atom. The molecule has 66 heavy (non-hydrogen) atoms. The summed E-state index contributed by atoms with van der Waals surface area (Å²) in [6.45, 7) is 7.07. The van der Waals surface area contributed by atoms with Crippen LogP contribution in [0.15, 0.2) is 111 Å². The summed E-state index contributed by atoms with van der Waals surface area (Å²) in [6, 6.07) is 20.3. The molecule has 4 aromatic carbocycles. The standard InChI is InChI=1S/4C12H17BrN2O.2Ni/c4*1-15(2)7-3-6-14-9-10-8-11(13)4-5-12(10)16;;/h4*4-5,8-9,16H,3,6-7H2,1-2H3;;/q;;;;2*+2/p-4. The van der Waals surface area contributed by atoms with Gasteiger partial charge in [-0.15, -0.1) is 0 Å². The molecule has 0 amide bonds. The molecule has 4 aromatic rings. The molecular formula is C48H64Br4N8Ni2O4. The Bertz CT molecular complexity index is 1760. The summed E-state index contributed by atoms with van der Waals surface area (Å²) in [5.41, 5.74) is 2.55. The summed E-state index contributed by atoms with van der Waals surface area (Å²) in [5, 5.41) is 45.7. The van der Waals surface area contributed by atoms with Gasteiger partial charge < -0.3 is 40.0 Å². The number of hydrogen-bond donors (Lipinski definition) is 0. The molecule has 368 valence electrons. The molecular weight excluding hydrogens is 1190 g/mol. The SMILES string of the molecule is CN(C)CCCN=Cc1cc(Br)ccc1[O-].CN(C)CCCN=Cc1cc(Br)ccc1[O-].CN(C)CCCN=Cc1cc(Br)ccc1[O-].CN(C)CCCN=Cc1cc(Br)ccc1[O-].[Ni+2].[Ni+2]. The normalized spacial score (nSPS) is 11.2. The predicted molar refractivity (Wildman–Crippen MR) is 277 cm³/mol. The van der Waals surface area contributed by atoms with E-state index >= 15 is 0 Å². The molecule has 0 N–H and O–H groups in total. The number of aliphatic imine (C=N–C) groups is 4. The maximum absolute atomic E-state index is 11.4. The molecule has 0 bridgehead atoms. The fraction of sp³-hybridized carbons (Fsp3) is 0.417. The molecule has 0 aliphatic rings. The maximum Gasteiger partial charge on any atom is 2.00 e. The summed E-state index contributed by atoms with van der Waals surface area (Å²) in [6.07, 6.45) is 10.6. The van der Waals surface area contributed by atoms with E-state index in [1.807, 2.05) is 56.4 Å². The Morgan fingerprint density at radius 3 is 0.712 bits per heavy atom. The molecule has 0 aliphatic carbocycles. The van der Waals surface area contributed by atoms with E-state index in [0.29, 0.717) is 22.3 Å². The first-order chi connectivity index (χ1) is 30.4. The van der Waals surface area contributed by atoms with Crippen LogP contribution in [0.4, 0.5) is 0 Å². The van der Waals surface area contributed by atoms with E-state index in [4.69, 9.17) is 0 Å². The van der Waals surface area contributed by atoms with Gasteiger partial charge in [0, 0.05) is 68.9 Å². The molecule has 0 saturated carbocycles. The second-order valence-corrected chi connectivity index (χ2v) is 19.2. The van der Waals surface area contributed by atoms with Crippen molar-refractivity contribution in [2.45, 2.75) is 25.7 Å². The van der Waals surface area contributed by atoms with Crippen LogP contribution in [-0.2, 0) is 33.0 Å². The third-order valence-electron chi connectivity index (χ3n) is 8.38. The summed E-state index contributed by atoms with van der Waals surface area (Å²) in [5.74, 6) is 0.0539. The maximum atomic E-state index is 11.4. The summed E-state index contributed by atoms with van der Waals surface area (Å²) in [4.78, 5) is 25.4. The van der Waals surface area contributed by atoms with Crippen molar-refractivity contribution in [1.82, 2.24) is 19.6 Å². The average molecular weight is 1250 g/mol. The van der Waals surface area contributed by atoms with Crippen LogP contribution in [0.5, 0.6) is 23.0 Å².